The summed E-state index contributed by atoms with van der Waals surface area (Å²) >= 11 is 0. The van der Waals surface area contributed by atoms with Gasteiger partial charge in [0.2, 0.25) is 0 Å². The van der Waals surface area contributed by atoms with E-state index < -0.39 is 0 Å². The number of oxazole rings is 1. The minimum atomic E-state index is -0.0152. The zero-order valence-electron chi connectivity index (χ0n) is 13.1. The zero-order chi connectivity index (χ0) is 15.6. The van der Waals surface area contributed by atoms with Crippen molar-refractivity contribution in [2.75, 3.05) is 13.1 Å². The van der Waals surface area contributed by atoms with Gasteiger partial charge < -0.3 is 9.32 Å². The number of hydrogen-bond acceptors (Lipinski definition) is 5. The summed E-state index contributed by atoms with van der Waals surface area (Å²) in [5.74, 6) is 1.13. The Morgan fingerprint density at radius 1 is 1.17 bits per heavy atom. The lowest BCUT2D eigenvalue weighted by molar-refractivity contribution is 0.0754. The maximum Gasteiger partial charge on any atom is 0.275 e. The third-order valence-corrected chi connectivity index (χ3v) is 5.00. The van der Waals surface area contributed by atoms with Crippen LogP contribution < -0.4 is 0 Å². The molecule has 0 radical (unpaired) electrons. The Hall–Kier alpha value is -2.18. The second-order valence-electron chi connectivity index (χ2n) is 6.46. The summed E-state index contributed by atoms with van der Waals surface area (Å²) < 4.78 is 7.41. The van der Waals surface area contributed by atoms with Gasteiger partial charge in [-0.2, -0.15) is 0 Å². The predicted molar refractivity (Wildman–Crippen MR) is 81.9 cm³/mol. The summed E-state index contributed by atoms with van der Waals surface area (Å²) in [7, 11) is 0. The summed E-state index contributed by atoms with van der Waals surface area (Å²) in [5, 5.41) is 7.96. The van der Waals surface area contributed by atoms with Crippen molar-refractivity contribution in [1.82, 2.24) is 24.9 Å². The molecular formula is C16H21N5O2. The molecule has 2 aliphatic rings. The Bertz CT molecular complexity index is 662. The van der Waals surface area contributed by atoms with Crippen LogP contribution in [0, 0.1) is 0 Å². The van der Waals surface area contributed by atoms with E-state index in [0.717, 1.165) is 51.1 Å². The number of aromatic nitrogens is 4. The number of carbonyl (C=O) groups excluding carboxylic acids is 1. The van der Waals surface area contributed by atoms with Crippen LogP contribution in [0.5, 0.6) is 0 Å². The summed E-state index contributed by atoms with van der Waals surface area (Å²) in [4.78, 5) is 19.0. The average molecular weight is 315 g/mol. The molecule has 7 heteroatoms. The molecule has 1 atom stereocenters. The molecule has 122 valence electrons. The molecule has 1 saturated heterocycles. The van der Waals surface area contributed by atoms with E-state index in [4.69, 9.17) is 4.42 Å². The summed E-state index contributed by atoms with van der Waals surface area (Å²) in [6, 6.07) is 0.318. The highest BCUT2D eigenvalue weighted by molar-refractivity contribution is 5.92. The minimum Gasteiger partial charge on any atom is -0.448 e. The summed E-state index contributed by atoms with van der Waals surface area (Å²) in [6.07, 6.45) is 11.5. The van der Waals surface area contributed by atoms with Crippen molar-refractivity contribution in [2.24, 2.45) is 0 Å². The van der Waals surface area contributed by atoms with Crippen LogP contribution in [0.2, 0.25) is 0 Å². The van der Waals surface area contributed by atoms with E-state index in [1.165, 1.54) is 12.7 Å². The van der Waals surface area contributed by atoms with Gasteiger partial charge in [-0.3, -0.25) is 4.79 Å². The average Bonchev–Trinajstić information content (AvgIpc) is 3.13. The molecular weight excluding hydrogens is 294 g/mol. The van der Waals surface area contributed by atoms with E-state index in [-0.39, 0.29) is 5.91 Å². The quantitative estimate of drug-likeness (QED) is 0.869. The van der Waals surface area contributed by atoms with Crippen molar-refractivity contribution >= 4 is 5.91 Å². The highest BCUT2D eigenvalue weighted by Gasteiger charge is 2.28. The fraction of sp³-hybridized carbons (Fsp3) is 0.625. The second kappa shape index (κ2) is 6.14. The summed E-state index contributed by atoms with van der Waals surface area (Å²) in [5.41, 5.74) is 0.450. The third kappa shape index (κ3) is 2.87. The van der Waals surface area contributed by atoms with E-state index in [2.05, 4.69) is 15.3 Å². The van der Waals surface area contributed by atoms with Crippen molar-refractivity contribution in [3.05, 3.63) is 30.2 Å². The highest BCUT2D eigenvalue weighted by Crippen LogP contribution is 2.35. The first kappa shape index (κ1) is 14.4. The van der Waals surface area contributed by atoms with E-state index in [1.807, 2.05) is 15.8 Å². The lowest BCUT2D eigenvalue weighted by atomic mass is 9.85. The molecule has 0 bridgehead atoms. The van der Waals surface area contributed by atoms with E-state index in [9.17, 15) is 4.79 Å². The number of amides is 1. The largest absolute Gasteiger partial charge is 0.448 e. The van der Waals surface area contributed by atoms with Gasteiger partial charge in [0.25, 0.3) is 5.91 Å². The number of rotatable bonds is 3. The Labute approximate surface area is 134 Å². The van der Waals surface area contributed by atoms with Crippen LogP contribution in [0.4, 0.5) is 0 Å². The van der Waals surface area contributed by atoms with Crippen molar-refractivity contribution in [3.63, 3.8) is 0 Å². The minimum absolute atomic E-state index is 0.0152. The molecule has 23 heavy (non-hydrogen) atoms. The van der Waals surface area contributed by atoms with Gasteiger partial charge in [0, 0.05) is 25.2 Å². The van der Waals surface area contributed by atoms with Gasteiger partial charge >= 0.3 is 0 Å². The van der Waals surface area contributed by atoms with Gasteiger partial charge in [-0.15, -0.1) is 5.10 Å². The standard InChI is InChI=1S/C16H21N5O2/c22-16(14-11-23-15(18-14)12-3-1-4-12)20-8-2-5-13(6-9-20)21-10-7-17-19-21/h7,10-13H,1-6,8-9H2. The fourth-order valence-electron chi connectivity index (χ4n) is 3.35. The van der Waals surface area contributed by atoms with Crippen LogP contribution in [0.25, 0.3) is 0 Å². The lowest BCUT2D eigenvalue weighted by Crippen LogP contribution is -2.32. The van der Waals surface area contributed by atoms with Crippen LogP contribution in [0.1, 0.15) is 66.9 Å². The van der Waals surface area contributed by atoms with Crippen molar-refractivity contribution in [3.8, 4) is 0 Å². The Balaban J connectivity index is 1.41. The van der Waals surface area contributed by atoms with Gasteiger partial charge in [0.15, 0.2) is 11.6 Å². The topological polar surface area (TPSA) is 77.0 Å². The fourth-order valence-corrected chi connectivity index (χ4v) is 3.35. The van der Waals surface area contributed by atoms with E-state index in [0.29, 0.717) is 17.7 Å². The molecule has 2 aromatic rings. The number of hydrogen-bond donors (Lipinski definition) is 0. The maximum absolute atomic E-state index is 12.7. The molecule has 7 nitrogen and oxygen atoms in total. The Kier molecular flexibility index (Phi) is 3.85. The molecule has 1 amide bonds. The van der Waals surface area contributed by atoms with Crippen LogP contribution in [0.3, 0.4) is 0 Å². The monoisotopic (exact) mass is 315 g/mol. The normalized spacial score (nSPS) is 22.6. The van der Waals surface area contributed by atoms with Crippen LogP contribution in [-0.2, 0) is 0 Å². The molecule has 1 unspecified atom stereocenters. The van der Waals surface area contributed by atoms with Crippen LogP contribution >= 0.6 is 0 Å². The molecule has 1 saturated carbocycles. The van der Waals surface area contributed by atoms with E-state index >= 15 is 0 Å². The zero-order valence-corrected chi connectivity index (χ0v) is 13.1. The first-order chi connectivity index (χ1) is 11.3. The number of carbonyl (C=O) groups is 1. The second-order valence-corrected chi connectivity index (χ2v) is 6.46. The lowest BCUT2D eigenvalue weighted by Gasteiger charge is -2.21. The summed E-state index contributed by atoms with van der Waals surface area (Å²) in [6.45, 7) is 1.48. The van der Waals surface area contributed by atoms with Crippen molar-refractivity contribution in [2.45, 2.75) is 50.5 Å². The maximum atomic E-state index is 12.7. The first-order valence-electron chi connectivity index (χ1n) is 8.42. The smallest absolute Gasteiger partial charge is 0.275 e. The predicted octanol–water partition coefficient (Wildman–Crippen LogP) is 2.40. The molecule has 2 aromatic heterocycles. The van der Waals surface area contributed by atoms with Gasteiger partial charge in [0.1, 0.15) is 6.26 Å². The number of likely N-dealkylation sites (tertiary alicyclic amines) is 1. The number of nitrogens with zero attached hydrogens (tertiary/aromatic N) is 5. The molecule has 3 heterocycles. The third-order valence-electron chi connectivity index (χ3n) is 5.00. The van der Waals surface area contributed by atoms with Gasteiger partial charge in [-0.05, 0) is 32.1 Å². The molecule has 0 N–H and O–H groups in total. The SMILES string of the molecule is O=C(c1coc(C2CCC2)n1)N1CCCC(n2ccnn2)CC1. The first-order valence-corrected chi connectivity index (χ1v) is 8.42. The van der Waals surface area contributed by atoms with Crippen LogP contribution in [0.15, 0.2) is 23.1 Å². The molecule has 4 rings (SSSR count). The molecule has 1 aliphatic heterocycles. The Morgan fingerprint density at radius 3 is 2.83 bits per heavy atom. The van der Waals surface area contributed by atoms with Gasteiger partial charge in [-0.1, -0.05) is 11.6 Å². The highest BCUT2D eigenvalue weighted by atomic mass is 16.3. The Morgan fingerprint density at radius 2 is 2.09 bits per heavy atom. The van der Waals surface area contributed by atoms with Crippen molar-refractivity contribution in [1.29, 1.82) is 0 Å². The molecule has 1 aliphatic carbocycles. The molecule has 2 fully saturated rings. The van der Waals surface area contributed by atoms with Crippen LogP contribution in [-0.4, -0.2) is 43.9 Å². The molecule has 0 aromatic carbocycles. The van der Waals surface area contributed by atoms with Crippen molar-refractivity contribution < 1.29 is 9.21 Å². The van der Waals surface area contributed by atoms with Gasteiger partial charge in [-0.25, -0.2) is 9.67 Å². The van der Waals surface area contributed by atoms with Gasteiger partial charge in [0.05, 0.1) is 12.2 Å². The van der Waals surface area contributed by atoms with E-state index in [1.54, 1.807) is 6.20 Å². The molecule has 0 spiro atoms.